The Morgan fingerprint density at radius 3 is 2.17 bits per heavy atom. The number of aryl methyl sites for hydroxylation is 1. The van der Waals surface area contributed by atoms with Crippen LogP contribution in [-0.4, -0.2) is 11.1 Å². The van der Waals surface area contributed by atoms with Gasteiger partial charge in [0.1, 0.15) is 12.4 Å². The number of halogens is 3. The molecule has 0 saturated heterocycles. The van der Waals surface area contributed by atoms with Crippen LogP contribution in [0.1, 0.15) is 36.1 Å². The second kappa shape index (κ2) is 9.82. The summed E-state index contributed by atoms with van der Waals surface area (Å²) >= 11 is 1.50. The number of benzene rings is 3. The van der Waals surface area contributed by atoms with Crippen molar-refractivity contribution in [1.82, 2.24) is 0 Å². The number of hydrogen-bond acceptors (Lipinski definition) is 3. The van der Waals surface area contributed by atoms with Gasteiger partial charge >= 0.3 is 12.1 Å². The molecule has 0 bridgehead atoms. The first-order chi connectivity index (χ1) is 17.0. The number of thiophene rings is 1. The summed E-state index contributed by atoms with van der Waals surface area (Å²) in [6.45, 7) is 5.44. The molecule has 0 spiro atoms. The highest BCUT2D eigenvalue weighted by Gasteiger charge is 2.31. The van der Waals surface area contributed by atoms with Crippen LogP contribution < -0.4 is 4.74 Å². The molecule has 0 aliphatic rings. The Kier molecular flexibility index (Phi) is 6.96. The third-order valence-corrected chi connectivity index (χ3v) is 7.42. The quantitative estimate of drug-likeness (QED) is 0.272. The van der Waals surface area contributed by atoms with E-state index in [0.29, 0.717) is 16.9 Å². The molecule has 0 radical (unpaired) electrons. The standard InChI is InChI=1S/C29H25F3O3S/c1-18-15-23(13-14-24(18)28(2,3)27(33)34)35-17-21-16-25(36-26(21)20-7-5-4-6-8-20)19-9-11-22(12-10-19)29(30,31)32/h4-16H,17H2,1-3H3,(H,33,34). The zero-order chi connectivity index (χ0) is 26.1. The summed E-state index contributed by atoms with van der Waals surface area (Å²) in [6.07, 6.45) is -4.38. The summed E-state index contributed by atoms with van der Waals surface area (Å²) < 4.78 is 45.1. The van der Waals surface area contributed by atoms with Gasteiger partial charge in [-0.15, -0.1) is 11.3 Å². The van der Waals surface area contributed by atoms with Crippen LogP contribution in [0.2, 0.25) is 0 Å². The number of hydrogen-bond donors (Lipinski definition) is 1. The predicted molar refractivity (Wildman–Crippen MR) is 136 cm³/mol. The lowest BCUT2D eigenvalue weighted by Crippen LogP contribution is -2.29. The maximum Gasteiger partial charge on any atom is 0.416 e. The minimum atomic E-state index is -4.38. The first kappa shape index (κ1) is 25.5. The first-order valence-electron chi connectivity index (χ1n) is 11.3. The van der Waals surface area contributed by atoms with Crippen molar-refractivity contribution >= 4 is 17.3 Å². The van der Waals surface area contributed by atoms with Crippen LogP contribution in [0.4, 0.5) is 13.2 Å². The van der Waals surface area contributed by atoms with Gasteiger partial charge in [0, 0.05) is 15.3 Å². The van der Waals surface area contributed by atoms with Gasteiger partial charge in [0.25, 0.3) is 0 Å². The van der Waals surface area contributed by atoms with Crippen LogP contribution in [0.5, 0.6) is 5.75 Å². The lowest BCUT2D eigenvalue weighted by Gasteiger charge is -2.22. The number of aliphatic carboxylic acids is 1. The molecule has 186 valence electrons. The Bertz CT molecular complexity index is 1370. The van der Waals surface area contributed by atoms with E-state index in [4.69, 9.17) is 4.74 Å². The van der Waals surface area contributed by atoms with Gasteiger partial charge in [-0.25, -0.2) is 0 Å². The van der Waals surface area contributed by atoms with Crippen LogP contribution in [0.25, 0.3) is 20.9 Å². The Labute approximate surface area is 211 Å². The summed E-state index contributed by atoms with van der Waals surface area (Å²) in [6, 6.07) is 22.2. The van der Waals surface area contributed by atoms with E-state index in [9.17, 15) is 23.1 Å². The van der Waals surface area contributed by atoms with Gasteiger partial charge in [-0.3, -0.25) is 4.79 Å². The van der Waals surface area contributed by atoms with E-state index in [-0.39, 0.29) is 6.61 Å². The highest BCUT2D eigenvalue weighted by molar-refractivity contribution is 7.19. The molecule has 0 amide bonds. The van der Waals surface area contributed by atoms with Crippen molar-refractivity contribution in [2.75, 3.05) is 0 Å². The molecule has 0 unspecified atom stereocenters. The minimum absolute atomic E-state index is 0.252. The number of carbonyl (C=O) groups is 1. The lowest BCUT2D eigenvalue weighted by molar-refractivity contribution is -0.142. The third kappa shape index (κ3) is 5.31. The summed E-state index contributed by atoms with van der Waals surface area (Å²) in [4.78, 5) is 13.5. The third-order valence-electron chi connectivity index (χ3n) is 6.14. The van der Waals surface area contributed by atoms with Gasteiger partial charge in [-0.05, 0) is 73.4 Å². The van der Waals surface area contributed by atoms with Crippen LogP contribution in [-0.2, 0) is 23.0 Å². The zero-order valence-electron chi connectivity index (χ0n) is 20.0. The van der Waals surface area contributed by atoms with Crippen molar-refractivity contribution in [3.63, 3.8) is 0 Å². The van der Waals surface area contributed by atoms with E-state index in [1.807, 2.05) is 49.4 Å². The maximum absolute atomic E-state index is 13.0. The topological polar surface area (TPSA) is 46.5 Å². The number of alkyl halides is 3. The molecule has 1 N–H and O–H groups in total. The van der Waals surface area contributed by atoms with Crippen LogP contribution in [0, 0.1) is 6.92 Å². The van der Waals surface area contributed by atoms with Crippen LogP contribution in [0.3, 0.4) is 0 Å². The Balaban J connectivity index is 1.63. The van der Waals surface area contributed by atoms with Crippen molar-refractivity contribution in [1.29, 1.82) is 0 Å². The van der Waals surface area contributed by atoms with E-state index in [1.165, 1.54) is 23.5 Å². The average molecular weight is 511 g/mol. The van der Waals surface area contributed by atoms with Crippen LogP contribution in [0.15, 0.2) is 78.9 Å². The Morgan fingerprint density at radius 1 is 0.917 bits per heavy atom. The summed E-state index contributed by atoms with van der Waals surface area (Å²) in [5, 5.41) is 9.54. The molecule has 3 aromatic carbocycles. The zero-order valence-corrected chi connectivity index (χ0v) is 20.8. The second-order valence-corrected chi connectivity index (χ2v) is 10.2. The van der Waals surface area contributed by atoms with E-state index in [0.717, 1.165) is 38.6 Å². The van der Waals surface area contributed by atoms with E-state index in [1.54, 1.807) is 26.0 Å². The van der Waals surface area contributed by atoms with Gasteiger partial charge < -0.3 is 9.84 Å². The van der Waals surface area contributed by atoms with Crippen LogP contribution >= 0.6 is 11.3 Å². The molecule has 0 saturated carbocycles. The van der Waals surface area contributed by atoms with E-state index in [2.05, 4.69) is 0 Å². The van der Waals surface area contributed by atoms with Crippen molar-refractivity contribution in [2.45, 2.75) is 39.0 Å². The smallest absolute Gasteiger partial charge is 0.416 e. The summed E-state index contributed by atoms with van der Waals surface area (Å²) in [5.74, 6) is -0.292. The molecule has 4 rings (SSSR count). The average Bonchev–Trinajstić information content (AvgIpc) is 3.27. The Hall–Kier alpha value is -3.58. The molecular weight excluding hydrogens is 485 g/mol. The van der Waals surface area contributed by atoms with Crippen molar-refractivity contribution in [3.8, 4) is 26.6 Å². The molecule has 1 aromatic heterocycles. The van der Waals surface area contributed by atoms with Crippen molar-refractivity contribution in [3.05, 3.63) is 101 Å². The highest BCUT2D eigenvalue weighted by Crippen LogP contribution is 2.40. The van der Waals surface area contributed by atoms with Gasteiger partial charge in [0.05, 0.1) is 11.0 Å². The first-order valence-corrected chi connectivity index (χ1v) is 12.1. The molecule has 36 heavy (non-hydrogen) atoms. The SMILES string of the molecule is Cc1cc(OCc2cc(-c3ccc(C(F)(F)F)cc3)sc2-c2ccccc2)ccc1C(C)(C)C(=O)O. The molecule has 0 atom stereocenters. The van der Waals surface area contributed by atoms with Crippen molar-refractivity contribution < 1.29 is 27.8 Å². The molecule has 3 nitrogen and oxygen atoms in total. The van der Waals surface area contributed by atoms with Gasteiger partial charge in [0.2, 0.25) is 0 Å². The predicted octanol–water partition coefficient (Wildman–Crippen LogP) is 8.35. The number of carboxylic acid groups (broad SMARTS) is 1. The molecule has 0 fully saturated rings. The highest BCUT2D eigenvalue weighted by atomic mass is 32.1. The van der Waals surface area contributed by atoms with E-state index < -0.39 is 23.1 Å². The normalized spacial score (nSPS) is 11.9. The lowest BCUT2D eigenvalue weighted by atomic mass is 9.82. The van der Waals surface area contributed by atoms with Gasteiger partial charge in [-0.2, -0.15) is 13.2 Å². The molecule has 1 heterocycles. The maximum atomic E-state index is 13.0. The number of ether oxygens (including phenoxy) is 1. The van der Waals surface area contributed by atoms with E-state index >= 15 is 0 Å². The second-order valence-electron chi connectivity index (χ2n) is 9.10. The molecule has 4 aromatic rings. The number of rotatable bonds is 7. The van der Waals surface area contributed by atoms with Gasteiger partial charge in [0.15, 0.2) is 0 Å². The monoisotopic (exact) mass is 510 g/mol. The van der Waals surface area contributed by atoms with Gasteiger partial charge in [-0.1, -0.05) is 48.5 Å². The largest absolute Gasteiger partial charge is 0.489 e. The molecular formula is C29H25F3O3S. The van der Waals surface area contributed by atoms with Crippen molar-refractivity contribution in [2.24, 2.45) is 0 Å². The fourth-order valence-corrected chi connectivity index (χ4v) is 5.22. The fourth-order valence-electron chi connectivity index (χ4n) is 4.04. The Morgan fingerprint density at radius 2 is 1.58 bits per heavy atom. The fraction of sp³-hybridized carbons (Fsp3) is 0.207. The molecule has 7 heteroatoms. The minimum Gasteiger partial charge on any atom is -0.489 e. The molecule has 0 aliphatic heterocycles. The molecule has 0 aliphatic carbocycles. The summed E-state index contributed by atoms with van der Waals surface area (Å²) in [7, 11) is 0. The summed E-state index contributed by atoms with van der Waals surface area (Å²) in [5.41, 5.74) is 2.44. The number of carboxylic acids is 1.